The van der Waals surface area contributed by atoms with Gasteiger partial charge in [0.25, 0.3) is 0 Å². The SMILES string of the molecule is CC(C)C[C@@H]1NC(=O)[C@@](C)(NC(=O)OCc2ccccc2)Cc2ccc(cc2)OCCCCSC[C@@H](C=O)NC1=O. The van der Waals surface area contributed by atoms with Gasteiger partial charge < -0.3 is 30.2 Å². The average molecular weight is 584 g/mol. The number of aldehydes is 1. The standard InChI is InChI=1S/C31H41N3O6S/c1-22(2)17-27-28(36)32-25(19-35)21-41-16-8-7-15-39-26-13-11-23(12-14-26)18-31(3,29(37)33-27)34-30(38)40-20-24-9-5-4-6-10-24/h4-6,9-14,19,22,25,27H,7-8,15-18,20-21H2,1-3H3,(H,32,36)(H,33,37)(H,34,38)/t25-,27+,31+/m1/s1. The number of ether oxygens (including phenoxy) is 2. The molecule has 2 aliphatic heterocycles. The zero-order chi connectivity index (χ0) is 29.7. The minimum absolute atomic E-state index is 0.0416. The molecule has 0 saturated carbocycles. The van der Waals surface area contributed by atoms with E-state index in [0.717, 1.165) is 36.0 Å². The van der Waals surface area contributed by atoms with Crippen LogP contribution in [-0.2, 0) is 32.1 Å². The Labute approximate surface area is 246 Å². The zero-order valence-corrected chi connectivity index (χ0v) is 24.8. The Morgan fingerprint density at radius 3 is 2.54 bits per heavy atom. The lowest BCUT2D eigenvalue weighted by Gasteiger charge is -2.32. The fourth-order valence-corrected chi connectivity index (χ4v) is 5.39. The van der Waals surface area contributed by atoms with Crippen molar-refractivity contribution in [2.45, 2.75) is 70.7 Å². The van der Waals surface area contributed by atoms with Crippen LogP contribution in [-0.4, -0.2) is 59.9 Å². The lowest BCUT2D eigenvalue weighted by molar-refractivity contribution is -0.133. The minimum Gasteiger partial charge on any atom is -0.494 e. The molecule has 0 fully saturated rings. The highest BCUT2D eigenvalue weighted by molar-refractivity contribution is 7.99. The number of alkyl carbamates (subject to hydrolysis) is 1. The van der Waals surface area contributed by atoms with Crippen LogP contribution in [0.25, 0.3) is 0 Å². The van der Waals surface area contributed by atoms with E-state index >= 15 is 0 Å². The maximum Gasteiger partial charge on any atom is 0.408 e. The molecule has 41 heavy (non-hydrogen) atoms. The van der Waals surface area contributed by atoms with Crippen LogP contribution in [0.15, 0.2) is 54.6 Å². The average Bonchev–Trinajstić information content (AvgIpc) is 2.95. The molecular formula is C31H41N3O6S. The van der Waals surface area contributed by atoms with Crippen molar-refractivity contribution >= 4 is 36.0 Å². The molecule has 222 valence electrons. The lowest BCUT2D eigenvalue weighted by atomic mass is 9.90. The predicted octanol–water partition coefficient (Wildman–Crippen LogP) is 4.03. The van der Waals surface area contributed by atoms with E-state index < -0.39 is 35.5 Å². The fraction of sp³-hybridized carbons (Fsp3) is 0.484. The summed E-state index contributed by atoms with van der Waals surface area (Å²) in [5, 5.41) is 8.37. The normalized spacial score (nSPS) is 22.7. The molecule has 0 saturated heterocycles. The number of amides is 3. The van der Waals surface area contributed by atoms with Crippen LogP contribution in [0.2, 0.25) is 0 Å². The number of carbonyl (C=O) groups excluding carboxylic acids is 4. The van der Waals surface area contributed by atoms with Gasteiger partial charge in [0.15, 0.2) is 0 Å². The predicted molar refractivity (Wildman–Crippen MR) is 160 cm³/mol. The molecule has 2 aromatic carbocycles. The van der Waals surface area contributed by atoms with Gasteiger partial charge in [-0.15, -0.1) is 0 Å². The number of nitrogens with one attached hydrogen (secondary N) is 3. The number of rotatable bonds is 6. The Kier molecular flexibility index (Phi) is 12.5. The van der Waals surface area contributed by atoms with Gasteiger partial charge in [-0.05, 0) is 61.1 Å². The molecule has 0 spiro atoms. The summed E-state index contributed by atoms with van der Waals surface area (Å²) in [7, 11) is 0. The van der Waals surface area contributed by atoms with Crippen LogP contribution >= 0.6 is 11.8 Å². The number of thioether (sulfide) groups is 1. The number of hydrogen-bond donors (Lipinski definition) is 3. The molecule has 0 radical (unpaired) electrons. The summed E-state index contributed by atoms with van der Waals surface area (Å²) in [6, 6.07) is 15.1. The van der Waals surface area contributed by atoms with E-state index in [2.05, 4.69) is 16.0 Å². The summed E-state index contributed by atoms with van der Waals surface area (Å²) in [5.74, 6) is 1.10. The largest absolute Gasteiger partial charge is 0.494 e. The van der Waals surface area contributed by atoms with Gasteiger partial charge in [0.05, 0.1) is 12.6 Å². The summed E-state index contributed by atoms with van der Waals surface area (Å²) in [5.41, 5.74) is 0.151. The van der Waals surface area contributed by atoms with Gasteiger partial charge in [-0.3, -0.25) is 9.59 Å². The van der Waals surface area contributed by atoms with Crippen molar-refractivity contribution in [3.63, 3.8) is 0 Å². The van der Waals surface area contributed by atoms with Crippen molar-refractivity contribution in [3.05, 3.63) is 65.7 Å². The monoisotopic (exact) mass is 583 g/mol. The van der Waals surface area contributed by atoms with Crippen molar-refractivity contribution in [3.8, 4) is 5.75 Å². The highest BCUT2D eigenvalue weighted by atomic mass is 32.2. The first kappa shape index (κ1) is 32.0. The minimum atomic E-state index is -1.45. The molecule has 3 amide bonds. The number of carbonyl (C=O) groups is 4. The Bertz CT molecular complexity index is 1140. The van der Waals surface area contributed by atoms with Crippen molar-refractivity contribution in [2.75, 3.05) is 18.1 Å². The summed E-state index contributed by atoms with van der Waals surface area (Å²) < 4.78 is 11.3. The zero-order valence-electron chi connectivity index (χ0n) is 24.0. The number of fused-ring (bicyclic) bond motifs is 16. The Balaban J connectivity index is 1.86. The van der Waals surface area contributed by atoms with Crippen molar-refractivity contribution in [1.82, 2.24) is 16.0 Å². The van der Waals surface area contributed by atoms with Crippen molar-refractivity contribution in [2.24, 2.45) is 5.92 Å². The highest BCUT2D eigenvalue weighted by Crippen LogP contribution is 2.20. The Morgan fingerprint density at radius 1 is 1.12 bits per heavy atom. The van der Waals surface area contributed by atoms with Gasteiger partial charge in [0.2, 0.25) is 11.8 Å². The quantitative estimate of drug-likeness (QED) is 0.439. The molecule has 4 rings (SSSR count). The van der Waals surface area contributed by atoms with Crippen LogP contribution in [0, 0.1) is 5.92 Å². The van der Waals surface area contributed by atoms with Crippen LogP contribution in [0.1, 0.15) is 51.2 Å². The number of hydrogen-bond acceptors (Lipinski definition) is 7. The molecule has 2 bridgehead atoms. The van der Waals surface area contributed by atoms with Crippen LogP contribution in [0.5, 0.6) is 5.75 Å². The Morgan fingerprint density at radius 2 is 1.85 bits per heavy atom. The van der Waals surface area contributed by atoms with Gasteiger partial charge >= 0.3 is 6.09 Å². The van der Waals surface area contributed by atoms with E-state index in [1.807, 2.05) is 68.4 Å². The van der Waals surface area contributed by atoms with E-state index in [0.29, 0.717) is 24.5 Å². The van der Waals surface area contributed by atoms with Gasteiger partial charge in [-0.2, -0.15) is 11.8 Å². The smallest absolute Gasteiger partial charge is 0.408 e. The topological polar surface area (TPSA) is 123 Å². The van der Waals surface area contributed by atoms with Gasteiger partial charge in [0.1, 0.15) is 30.2 Å². The molecule has 10 heteroatoms. The fourth-order valence-electron chi connectivity index (χ4n) is 4.40. The lowest BCUT2D eigenvalue weighted by Crippen LogP contribution is -2.62. The summed E-state index contributed by atoms with van der Waals surface area (Å²) in [6.45, 7) is 6.10. The van der Waals surface area contributed by atoms with E-state index in [9.17, 15) is 19.2 Å². The molecule has 2 aromatic rings. The first-order chi connectivity index (χ1) is 19.7. The molecule has 0 unspecified atom stereocenters. The third-order valence-electron chi connectivity index (χ3n) is 6.64. The summed E-state index contributed by atoms with van der Waals surface area (Å²) in [4.78, 5) is 51.7. The highest BCUT2D eigenvalue weighted by Gasteiger charge is 2.38. The molecule has 3 N–H and O–H groups in total. The molecule has 3 atom stereocenters. The Hall–Kier alpha value is -3.53. The molecule has 0 aromatic heterocycles. The number of benzene rings is 2. The van der Waals surface area contributed by atoms with Gasteiger partial charge in [0, 0.05) is 12.2 Å². The third kappa shape index (κ3) is 10.8. The van der Waals surface area contributed by atoms with E-state index in [4.69, 9.17) is 9.47 Å². The van der Waals surface area contributed by atoms with Crippen molar-refractivity contribution in [1.29, 1.82) is 0 Å². The van der Waals surface area contributed by atoms with Crippen LogP contribution in [0.3, 0.4) is 0 Å². The van der Waals surface area contributed by atoms with E-state index in [1.165, 1.54) is 0 Å². The van der Waals surface area contributed by atoms with Gasteiger partial charge in [-0.1, -0.05) is 56.3 Å². The first-order valence-electron chi connectivity index (χ1n) is 14.0. The third-order valence-corrected chi connectivity index (χ3v) is 7.82. The van der Waals surface area contributed by atoms with E-state index in [1.54, 1.807) is 18.7 Å². The maximum absolute atomic E-state index is 13.8. The second kappa shape index (κ2) is 16.0. The summed E-state index contributed by atoms with van der Waals surface area (Å²) >= 11 is 1.59. The molecule has 0 aliphatic carbocycles. The molecule has 9 nitrogen and oxygen atoms in total. The van der Waals surface area contributed by atoms with Crippen LogP contribution < -0.4 is 20.7 Å². The maximum atomic E-state index is 13.8. The second-order valence-electron chi connectivity index (χ2n) is 10.9. The second-order valence-corrected chi connectivity index (χ2v) is 12.0. The van der Waals surface area contributed by atoms with Crippen molar-refractivity contribution < 1.29 is 28.7 Å². The summed E-state index contributed by atoms with van der Waals surface area (Å²) in [6.07, 6.45) is 2.24. The van der Waals surface area contributed by atoms with Crippen LogP contribution in [0.4, 0.5) is 4.79 Å². The van der Waals surface area contributed by atoms with E-state index in [-0.39, 0.29) is 18.9 Å². The van der Waals surface area contributed by atoms with Gasteiger partial charge in [-0.25, -0.2) is 4.79 Å². The molecule has 2 heterocycles. The molecule has 2 aliphatic rings. The molecular weight excluding hydrogens is 542 g/mol. The first-order valence-corrected chi connectivity index (χ1v) is 15.2.